The number of hydrogen-bond donors (Lipinski definition) is 0. The van der Waals surface area contributed by atoms with Gasteiger partial charge in [0.25, 0.3) is 5.97 Å². The maximum Gasteiger partial charge on any atom is 0.282 e. The molecule has 0 amide bonds. The lowest BCUT2D eigenvalue weighted by atomic mass is 10.4. The fraction of sp³-hybridized carbons (Fsp3) is 0.833. The average Bonchev–Trinajstić information content (AvgIpc) is 1.95. The summed E-state index contributed by atoms with van der Waals surface area (Å²) in [5.41, 5.74) is 0. The Hall–Kier alpha value is -0.120. The number of rotatable bonds is 4. The normalized spacial score (nSPS) is 12.0. The Bertz CT molecular complexity index is 51.2. The van der Waals surface area contributed by atoms with E-state index in [1.54, 1.807) is 0 Å². The molecule has 0 aliphatic heterocycles. The predicted octanol–water partition coefficient (Wildman–Crippen LogP) is 0.804. The van der Waals surface area contributed by atoms with Crippen LogP contribution in [0.1, 0.15) is 6.42 Å². The third-order valence-electron chi connectivity index (χ3n) is 1.24. The van der Waals surface area contributed by atoms with Gasteiger partial charge in [0, 0.05) is 27.8 Å². The molecule has 0 saturated heterocycles. The van der Waals surface area contributed by atoms with Crippen molar-refractivity contribution in [2.45, 2.75) is 12.4 Å². The summed E-state index contributed by atoms with van der Waals surface area (Å²) in [6, 6.07) is 0. The fourth-order valence-electron chi connectivity index (χ4n) is 0.556. The topological polar surface area (TPSA) is 27.7 Å². The van der Waals surface area contributed by atoms with Crippen molar-refractivity contribution in [1.82, 2.24) is 0 Å². The zero-order valence-corrected chi connectivity index (χ0v) is 6.14. The molecule has 0 aliphatic carbocycles. The number of hydrogen-bond acceptors (Lipinski definition) is 3. The Morgan fingerprint density at radius 1 is 1.11 bits per heavy atom. The second kappa shape index (κ2) is 3.82. The molecule has 0 heterocycles. The van der Waals surface area contributed by atoms with Crippen LogP contribution in [0, 0.1) is 6.92 Å². The van der Waals surface area contributed by atoms with Crippen molar-refractivity contribution in [3.05, 3.63) is 6.92 Å². The van der Waals surface area contributed by atoms with Crippen LogP contribution in [0.3, 0.4) is 0 Å². The van der Waals surface area contributed by atoms with E-state index in [0.717, 1.165) is 0 Å². The molecule has 0 saturated carbocycles. The molecule has 0 aromatic carbocycles. The molecule has 1 radical (unpaired) electrons. The molecule has 55 valence electrons. The first-order chi connectivity index (χ1) is 4.24. The molecule has 3 heteroatoms. The molecular formula is C6H13O3. The van der Waals surface area contributed by atoms with Crippen LogP contribution in [0.2, 0.25) is 0 Å². The standard InChI is InChI=1S/C6H13O3/c1-5-6(7-2,8-3)9-4/h1,5H2,2-4H3. The summed E-state index contributed by atoms with van der Waals surface area (Å²) >= 11 is 0. The zero-order valence-electron chi connectivity index (χ0n) is 6.14. The molecule has 3 nitrogen and oxygen atoms in total. The van der Waals surface area contributed by atoms with Gasteiger partial charge in [-0.1, -0.05) is 0 Å². The van der Waals surface area contributed by atoms with Gasteiger partial charge in [0.1, 0.15) is 0 Å². The smallest absolute Gasteiger partial charge is 0.282 e. The van der Waals surface area contributed by atoms with Gasteiger partial charge in [-0.2, -0.15) is 0 Å². The van der Waals surface area contributed by atoms with Gasteiger partial charge in [-0.25, -0.2) is 0 Å². The van der Waals surface area contributed by atoms with Gasteiger partial charge < -0.3 is 14.2 Å². The molecule has 0 atom stereocenters. The summed E-state index contributed by atoms with van der Waals surface area (Å²) in [4.78, 5) is 0. The van der Waals surface area contributed by atoms with Crippen molar-refractivity contribution in [3.63, 3.8) is 0 Å². The molecule has 0 aromatic rings. The Morgan fingerprint density at radius 2 is 1.44 bits per heavy atom. The van der Waals surface area contributed by atoms with E-state index in [1.807, 2.05) is 0 Å². The average molecular weight is 133 g/mol. The Labute approximate surface area is 55.9 Å². The molecule has 0 aromatic heterocycles. The number of methoxy groups -OCH3 is 3. The van der Waals surface area contributed by atoms with Gasteiger partial charge in [-0.15, -0.1) is 0 Å². The van der Waals surface area contributed by atoms with Crippen LogP contribution in [0.5, 0.6) is 0 Å². The third-order valence-corrected chi connectivity index (χ3v) is 1.24. The molecule has 0 N–H and O–H groups in total. The summed E-state index contributed by atoms with van der Waals surface area (Å²) < 4.78 is 14.6. The Kier molecular flexibility index (Phi) is 3.77. The Morgan fingerprint density at radius 3 is 1.44 bits per heavy atom. The van der Waals surface area contributed by atoms with Crippen molar-refractivity contribution < 1.29 is 14.2 Å². The second-order valence-electron chi connectivity index (χ2n) is 1.55. The van der Waals surface area contributed by atoms with Crippen molar-refractivity contribution in [2.75, 3.05) is 21.3 Å². The van der Waals surface area contributed by atoms with Gasteiger partial charge >= 0.3 is 0 Å². The highest BCUT2D eigenvalue weighted by molar-refractivity contribution is 4.55. The summed E-state index contributed by atoms with van der Waals surface area (Å²) in [5, 5.41) is 0. The van der Waals surface area contributed by atoms with Crippen molar-refractivity contribution in [2.24, 2.45) is 0 Å². The minimum atomic E-state index is -0.944. The van der Waals surface area contributed by atoms with Gasteiger partial charge in [0.15, 0.2) is 0 Å². The van der Waals surface area contributed by atoms with Crippen LogP contribution < -0.4 is 0 Å². The maximum atomic E-state index is 4.88. The quantitative estimate of drug-likeness (QED) is 0.531. The molecular weight excluding hydrogens is 120 g/mol. The van der Waals surface area contributed by atoms with Crippen molar-refractivity contribution >= 4 is 0 Å². The summed E-state index contributed by atoms with van der Waals surface area (Å²) in [7, 11) is 4.54. The van der Waals surface area contributed by atoms with E-state index in [9.17, 15) is 0 Å². The lowest BCUT2D eigenvalue weighted by Gasteiger charge is -2.26. The summed E-state index contributed by atoms with van der Waals surface area (Å²) in [5.74, 6) is -0.944. The van der Waals surface area contributed by atoms with E-state index in [4.69, 9.17) is 14.2 Å². The van der Waals surface area contributed by atoms with E-state index in [0.29, 0.717) is 6.42 Å². The molecule has 0 spiro atoms. The first-order valence-electron chi connectivity index (χ1n) is 2.69. The molecule has 0 bridgehead atoms. The van der Waals surface area contributed by atoms with Crippen molar-refractivity contribution in [3.8, 4) is 0 Å². The highest BCUT2D eigenvalue weighted by Crippen LogP contribution is 2.14. The molecule has 9 heavy (non-hydrogen) atoms. The third kappa shape index (κ3) is 1.93. The van der Waals surface area contributed by atoms with Crippen LogP contribution in [0.25, 0.3) is 0 Å². The highest BCUT2D eigenvalue weighted by atomic mass is 16.9. The fourth-order valence-corrected chi connectivity index (χ4v) is 0.556. The SMILES string of the molecule is [CH2]CC(OC)(OC)OC. The van der Waals surface area contributed by atoms with Crippen LogP contribution in [-0.4, -0.2) is 27.3 Å². The minimum absolute atomic E-state index is 0.427. The molecule has 0 unspecified atom stereocenters. The Balaban J connectivity index is 3.82. The monoisotopic (exact) mass is 133 g/mol. The van der Waals surface area contributed by atoms with E-state index >= 15 is 0 Å². The van der Waals surface area contributed by atoms with Crippen LogP contribution in [-0.2, 0) is 14.2 Å². The highest BCUT2D eigenvalue weighted by Gasteiger charge is 2.25. The summed E-state index contributed by atoms with van der Waals surface area (Å²) in [6.07, 6.45) is 0.427. The lowest BCUT2D eigenvalue weighted by molar-refractivity contribution is -0.350. The second-order valence-corrected chi connectivity index (χ2v) is 1.55. The minimum Gasteiger partial charge on any atom is -0.331 e. The first kappa shape index (κ1) is 8.88. The molecule has 0 aliphatic rings. The maximum absolute atomic E-state index is 4.88. The van der Waals surface area contributed by atoms with E-state index < -0.39 is 5.97 Å². The van der Waals surface area contributed by atoms with Crippen LogP contribution in [0.15, 0.2) is 0 Å². The van der Waals surface area contributed by atoms with Crippen LogP contribution >= 0.6 is 0 Å². The molecule has 0 fully saturated rings. The largest absolute Gasteiger partial charge is 0.331 e. The van der Waals surface area contributed by atoms with E-state index in [1.165, 1.54) is 21.3 Å². The van der Waals surface area contributed by atoms with Gasteiger partial charge in [-0.3, -0.25) is 0 Å². The van der Waals surface area contributed by atoms with Gasteiger partial charge in [-0.05, 0) is 6.92 Å². The van der Waals surface area contributed by atoms with Gasteiger partial charge in [0.05, 0.1) is 0 Å². The van der Waals surface area contributed by atoms with Crippen LogP contribution in [0.4, 0.5) is 0 Å². The lowest BCUT2D eigenvalue weighted by Crippen LogP contribution is -2.34. The summed E-state index contributed by atoms with van der Waals surface area (Å²) in [6.45, 7) is 3.60. The van der Waals surface area contributed by atoms with E-state index in [2.05, 4.69) is 6.92 Å². The van der Waals surface area contributed by atoms with E-state index in [-0.39, 0.29) is 0 Å². The van der Waals surface area contributed by atoms with Gasteiger partial charge in [0.2, 0.25) is 0 Å². The predicted molar refractivity (Wildman–Crippen MR) is 33.7 cm³/mol. The van der Waals surface area contributed by atoms with Crippen molar-refractivity contribution in [1.29, 1.82) is 0 Å². The first-order valence-corrected chi connectivity index (χ1v) is 2.69. The zero-order chi connectivity index (χ0) is 7.33. The molecule has 0 rings (SSSR count). The number of ether oxygens (including phenoxy) is 3.